The van der Waals surface area contributed by atoms with Crippen LogP contribution in [0.2, 0.25) is 0 Å². The molecular weight excluding hydrogens is 174 g/mol. The Hall–Kier alpha value is -1.09. The molecule has 1 aromatic heterocycles. The molecule has 1 rings (SSSR count). The van der Waals surface area contributed by atoms with Crippen LogP contribution in [0.25, 0.3) is 0 Å². The molecule has 0 radical (unpaired) electrons. The summed E-state index contributed by atoms with van der Waals surface area (Å²) in [5, 5.41) is 0. The van der Waals surface area contributed by atoms with Crippen LogP contribution in [0.5, 0.6) is 0 Å². The second kappa shape index (κ2) is 4.96. The summed E-state index contributed by atoms with van der Waals surface area (Å²) in [5.74, 6) is 0. The smallest absolute Gasteiger partial charge is 0.0598 e. The molecule has 3 heteroatoms. The predicted octanol–water partition coefficient (Wildman–Crippen LogP) is 1.77. The molecule has 0 spiro atoms. The first-order valence-corrected chi connectivity index (χ1v) is 5.06. The van der Waals surface area contributed by atoms with Gasteiger partial charge in [-0.3, -0.25) is 4.98 Å². The fourth-order valence-electron chi connectivity index (χ4n) is 1.42. The van der Waals surface area contributed by atoms with Crippen LogP contribution in [0.4, 0.5) is 5.69 Å². The Labute approximate surface area is 85.9 Å². The van der Waals surface area contributed by atoms with Crippen LogP contribution >= 0.6 is 0 Å². The van der Waals surface area contributed by atoms with Crippen molar-refractivity contribution in [2.45, 2.75) is 32.9 Å². The Kier molecular flexibility index (Phi) is 3.89. The topological polar surface area (TPSA) is 42.2 Å². The molecule has 78 valence electrons. The molecule has 0 aliphatic carbocycles. The molecule has 0 saturated carbocycles. The lowest BCUT2D eigenvalue weighted by molar-refractivity contribution is 0.660. The minimum absolute atomic E-state index is 0.518. The standard InChI is InChI=1S/C11H19N3/c1-4-9(2)14(3)11-8-13-6-5-10(11)7-12/h5-6,8-9H,4,7,12H2,1-3H3. The highest BCUT2D eigenvalue weighted by atomic mass is 15.1. The van der Waals surface area contributed by atoms with Gasteiger partial charge in [-0.25, -0.2) is 0 Å². The molecule has 14 heavy (non-hydrogen) atoms. The van der Waals surface area contributed by atoms with E-state index in [4.69, 9.17) is 5.73 Å². The number of aromatic nitrogens is 1. The fourth-order valence-corrected chi connectivity index (χ4v) is 1.42. The van der Waals surface area contributed by atoms with Crippen molar-refractivity contribution >= 4 is 5.69 Å². The molecule has 1 atom stereocenters. The van der Waals surface area contributed by atoms with Gasteiger partial charge in [0.1, 0.15) is 0 Å². The van der Waals surface area contributed by atoms with Gasteiger partial charge in [-0.15, -0.1) is 0 Å². The average Bonchev–Trinajstić information content (AvgIpc) is 2.26. The summed E-state index contributed by atoms with van der Waals surface area (Å²) in [7, 11) is 2.09. The highest BCUT2D eigenvalue weighted by molar-refractivity contribution is 5.51. The van der Waals surface area contributed by atoms with Gasteiger partial charge >= 0.3 is 0 Å². The second-order valence-electron chi connectivity index (χ2n) is 3.58. The van der Waals surface area contributed by atoms with Crippen LogP contribution in [0.15, 0.2) is 18.5 Å². The first-order chi connectivity index (χ1) is 6.70. The van der Waals surface area contributed by atoms with Crippen molar-refractivity contribution in [3.05, 3.63) is 24.0 Å². The lowest BCUT2D eigenvalue weighted by Crippen LogP contribution is -2.29. The van der Waals surface area contributed by atoms with Crippen LogP contribution in [0.1, 0.15) is 25.8 Å². The zero-order valence-electron chi connectivity index (χ0n) is 9.20. The van der Waals surface area contributed by atoms with Crippen molar-refractivity contribution < 1.29 is 0 Å². The van der Waals surface area contributed by atoms with Crippen LogP contribution in [0, 0.1) is 0 Å². The van der Waals surface area contributed by atoms with Gasteiger partial charge in [0.15, 0.2) is 0 Å². The van der Waals surface area contributed by atoms with Crippen molar-refractivity contribution in [3.63, 3.8) is 0 Å². The van der Waals surface area contributed by atoms with E-state index in [0.717, 1.165) is 17.7 Å². The SMILES string of the molecule is CCC(C)N(C)c1cnccc1CN. The normalized spacial score (nSPS) is 12.6. The van der Waals surface area contributed by atoms with E-state index in [1.807, 2.05) is 12.3 Å². The van der Waals surface area contributed by atoms with Gasteiger partial charge in [-0.05, 0) is 25.0 Å². The minimum atomic E-state index is 0.518. The Morgan fingerprint density at radius 1 is 1.57 bits per heavy atom. The highest BCUT2D eigenvalue weighted by Crippen LogP contribution is 2.20. The number of pyridine rings is 1. The van der Waals surface area contributed by atoms with E-state index >= 15 is 0 Å². The molecule has 3 nitrogen and oxygen atoms in total. The van der Waals surface area contributed by atoms with Gasteiger partial charge in [0.05, 0.1) is 11.9 Å². The summed E-state index contributed by atoms with van der Waals surface area (Å²) in [4.78, 5) is 6.37. The molecule has 1 aromatic rings. The molecule has 0 aliphatic heterocycles. The third kappa shape index (κ3) is 2.23. The summed E-state index contributed by atoms with van der Waals surface area (Å²) in [6.07, 6.45) is 4.79. The maximum absolute atomic E-state index is 5.68. The van der Waals surface area contributed by atoms with Gasteiger partial charge in [0.25, 0.3) is 0 Å². The van der Waals surface area contributed by atoms with Crippen LogP contribution in [-0.4, -0.2) is 18.1 Å². The number of hydrogen-bond donors (Lipinski definition) is 1. The van der Waals surface area contributed by atoms with Crippen LogP contribution in [-0.2, 0) is 6.54 Å². The number of anilines is 1. The van der Waals surface area contributed by atoms with Gasteiger partial charge in [-0.2, -0.15) is 0 Å². The maximum Gasteiger partial charge on any atom is 0.0598 e. The Morgan fingerprint density at radius 3 is 2.86 bits per heavy atom. The second-order valence-corrected chi connectivity index (χ2v) is 3.58. The maximum atomic E-state index is 5.68. The van der Waals surface area contributed by atoms with Crippen molar-refractivity contribution in [2.24, 2.45) is 5.73 Å². The minimum Gasteiger partial charge on any atom is -0.370 e. The Bertz CT molecular complexity index is 286. The van der Waals surface area contributed by atoms with E-state index in [-0.39, 0.29) is 0 Å². The summed E-state index contributed by atoms with van der Waals surface area (Å²) in [5.41, 5.74) is 7.97. The largest absolute Gasteiger partial charge is 0.370 e. The van der Waals surface area contributed by atoms with Gasteiger partial charge < -0.3 is 10.6 Å². The number of nitrogens with zero attached hydrogens (tertiary/aromatic N) is 2. The monoisotopic (exact) mass is 193 g/mol. The van der Waals surface area contributed by atoms with Crippen molar-refractivity contribution in [3.8, 4) is 0 Å². The van der Waals surface area contributed by atoms with E-state index in [2.05, 4.69) is 30.8 Å². The first kappa shape index (κ1) is 11.0. The summed E-state index contributed by atoms with van der Waals surface area (Å²) >= 11 is 0. The third-order valence-electron chi connectivity index (χ3n) is 2.74. The molecule has 0 fully saturated rings. The zero-order chi connectivity index (χ0) is 10.6. The molecule has 2 N–H and O–H groups in total. The van der Waals surface area contributed by atoms with E-state index in [1.165, 1.54) is 0 Å². The summed E-state index contributed by atoms with van der Waals surface area (Å²) < 4.78 is 0. The van der Waals surface area contributed by atoms with Crippen molar-refractivity contribution in [1.29, 1.82) is 0 Å². The lowest BCUT2D eigenvalue weighted by atomic mass is 10.1. The van der Waals surface area contributed by atoms with Crippen molar-refractivity contribution in [1.82, 2.24) is 4.98 Å². The number of rotatable bonds is 4. The first-order valence-electron chi connectivity index (χ1n) is 5.06. The van der Waals surface area contributed by atoms with E-state index in [9.17, 15) is 0 Å². The molecule has 0 aliphatic rings. The number of nitrogens with two attached hydrogens (primary N) is 1. The summed E-state index contributed by atoms with van der Waals surface area (Å²) in [6.45, 7) is 4.95. The van der Waals surface area contributed by atoms with Crippen LogP contribution in [0.3, 0.4) is 0 Å². The summed E-state index contributed by atoms with van der Waals surface area (Å²) in [6, 6.07) is 2.50. The van der Waals surface area contributed by atoms with Gasteiger partial charge in [0.2, 0.25) is 0 Å². The van der Waals surface area contributed by atoms with Gasteiger partial charge in [0, 0.05) is 25.8 Å². The lowest BCUT2D eigenvalue weighted by Gasteiger charge is -2.27. The Morgan fingerprint density at radius 2 is 2.29 bits per heavy atom. The molecule has 0 bridgehead atoms. The fraction of sp³-hybridized carbons (Fsp3) is 0.545. The zero-order valence-corrected chi connectivity index (χ0v) is 9.20. The molecule has 1 heterocycles. The Balaban J connectivity index is 2.93. The third-order valence-corrected chi connectivity index (χ3v) is 2.74. The van der Waals surface area contributed by atoms with E-state index in [1.54, 1.807) is 6.20 Å². The van der Waals surface area contributed by atoms with E-state index in [0.29, 0.717) is 12.6 Å². The van der Waals surface area contributed by atoms with Gasteiger partial charge in [-0.1, -0.05) is 6.92 Å². The van der Waals surface area contributed by atoms with Crippen LogP contribution < -0.4 is 10.6 Å². The quantitative estimate of drug-likeness (QED) is 0.792. The molecule has 0 saturated heterocycles. The molecular formula is C11H19N3. The molecule has 1 unspecified atom stereocenters. The molecule has 0 amide bonds. The predicted molar refractivity (Wildman–Crippen MR) is 60.3 cm³/mol. The molecule has 0 aromatic carbocycles. The van der Waals surface area contributed by atoms with Crippen molar-refractivity contribution in [2.75, 3.05) is 11.9 Å². The average molecular weight is 193 g/mol. The van der Waals surface area contributed by atoms with E-state index < -0.39 is 0 Å². The highest BCUT2D eigenvalue weighted by Gasteiger charge is 2.10. The number of hydrogen-bond acceptors (Lipinski definition) is 3.